The molecule has 0 aliphatic carbocycles. The number of nitrogens with one attached hydrogen (secondary N) is 1. The number of amides is 1. The number of esters is 1. The third-order valence-electron chi connectivity index (χ3n) is 3.27. The van der Waals surface area contributed by atoms with Gasteiger partial charge in [-0.15, -0.1) is 0 Å². The fourth-order valence-electron chi connectivity index (χ4n) is 1.49. The summed E-state index contributed by atoms with van der Waals surface area (Å²) in [4.78, 5) is 23.6. The third kappa shape index (κ3) is 4.53. The predicted octanol–water partition coefficient (Wildman–Crippen LogP) is 2.80. The van der Waals surface area contributed by atoms with Crippen LogP contribution in [0.3, 0.4) is 0 Å². The Kier molecular flexibility index (Phi) is 6.06. The fourth-order valence-corrected chi connectivity index (χ4v) is 1.90. The van der Waals surface area contributed by atoms with Crippen molar-refractivity contribution in [3.05, 3.63) is 34.1 Å². The predicted molar refractivity (Wildman–Crippen MR) is 81.4 cm³/mol. The molecular formula is C15H16BrFN2O3. The molecule has 0 aliphatic heterocycles. The zero-order chi connectivity index (χ0) is 16.9. The molecule has 1 N–H and O–H groups in total. The SMILES string of the molecule is CC(C)[C@@](C)(C#N)NC(=O)COC(=O)c1cc(F)ccc1Br. The van der Waals surface area contributed by atoms with Crippen molar-refractivity contribution in [2.75, 3.05) is 6.61 Å². The van der Waals surface area contributed by atoms with E-state index in [1.54, 1.807) is 20.8 Å². The monoisotopic (exact) mass is 370 g/mol. The number of hydrogen-bond acceptors (Lipinski definition) is 4. The van der Waals surface area contributed by atoms with Gasteiger partial charge in [0.2, 0.25) is 0 Å². The topological polar surface area (TPSA) is 79.2 Å². The first-order chi connectivity index (χ1) is 10.2. The Morgan fingerprint density at radius 3 is 2.68 bits per heavy atom. The number of nitrogens with zero attached hydrogens (tertiary/aromatic N) is 1. The van der Waals surface area contributed by atoms with Crippen LogP contribution in [0.1, 0.15) is 31.1 Å². The summed E-state index contributed by atoms with van der Waals surface area (Å²) < 4.78 is 18.3. The van der Waals surface area contributed by atoms with Crippen LogP contribution in [-0.2, 0) is 9.53 Å². The molecule has 0 unspecified atom stereocenters. The highest BCUT2D eigenvalue weighted by molar-refractivity contribution is 9.10. The molecule has 1 atom stereocenters. The summed E-state index contributed by atoms with van der Waals surface area (Å²) >= 11 is 3.11. The molecule has 1 rings (SSSR count). The summed E-state index contributed by atoms with van der Waals surface area (Å²) in [5, 5.41) is 11.6. The van der Waals surface area contributed by atoms with Crippen molar-refractivity contribution in [1.29, 1.82) is 5.26 Å². The molecule has 0 saturated carbocycles. The van der Waals surface area contributed by atoms with Gasteiger partial charge in [0.05, 0.1) is 11.6 Å². The zero-order valence-corrected chi connectivity index (χ0v) is 14.0. The lowest BCUT2D eigenvalue weighted by atomic mass is 9.90. The minimum absolute atomic E-state index is 0.0142. The number of carbonyl (C=O) groups excluding carboxylic acids is 2. The Bertz CT molecular complexity index is 628. The first-order valence-electron chi connectivity index (χ1n) is 6.54. The number of carbonyl (C=O) groups is 2. The molecule has 0 aromatic heterocycles. The maximum absolute atomic E-state index is 13.1. The average Bonchev–Trinajstić information content (AvgIpc) is 2.46. The average molecular weight is 371 g/mol. The van der Waals surface area contributed by atoms with Crippen molar-refractivity contribution in [2.45, 2.75) is 26.3 Å². The largest absolute Gasteiger partial charge is 0.452 e. The lowest BCUT2D eigenvalue weighted by Gasteiger charge is -2.27. The molecule has 1 aromatic carbocycles. The van der Waals surface area contributed by atoms with E-state index in [4.69, 9.17) is 10.00 Å². The zero-order valence-electron chi connectivity index (χ0n) is 12.4. The molecule has 0 spiro atoms. The van der Waals surface area contributed by atoms with Crippen LogP contribution in [0, 0.1) is 23.1 Å². The highest BCUT2D eigenvalue weighted by atomic mass is 79.9. The van der Waals surface area contributed by atoms with Crippen LogP contribution in [0.4, 0.5) is 4.39 Å². The second-order valence-corrected chi connectivity index (χ2v) is 6.07. The quantitative estimate of drug-likeness (QED) is 0.808. The van der Waals surface area contributed by atoms with Crippen molar-refractivity contribution in [3.63, 3.8) is 0 Å². The van der Waals surface area contributed by atoms with Crippen molar-refractivity contribution < 1.29 is 18.7 Å². The lowest BCUT2D eigenvalue weighted by molar-refractivity contribution is -0.125. The van der Waals surface area contributed by atoms with E-state index < -0.39 is 29.8 Å². The van der Waals surface area contributed by atoms with Gasteiger partial charge in [0.15, 0.2) is 6.61 Å². The number of rotatable bonds is 5. The highest BCUT2D eigenvalue weighted by Gasteiger charge is 2.30. The van der Waals surface area contributed by atoms with E-state index in [2.05, 4.69) is 21.2 Å². The van der Waals surface area contributed by atoms with Gasteiger partial charge in [-0.1, -0.05) is 13.8 Å². The molecule has 0 saturated heterocycles. The normalized spacial score (nSPS) is 13.1. The van der Waals surface area contributed by atoms with Crippen LogP contribution >= 0.6 is 15.9 Å². The summed E-state index contributed by atoms with van der Waals surface area (Å²) in [6.07, 6.45) is 0. The molecule has 5 nitrogen and oxygen atoms in total. The number of ether oxygens (including phenoxy) is 1. The standard InChI is InChI=1S/C15H16BrFN2O3/c1-9(2)15(3,8-18)19-13(20)7-22-14(21)11-6-10(17)4-5-12(11)16/h4-6,9H,7H2,1-3H3,(H,19,20)/t15-/m1/s1. The van der Waals surface area contributed by atoms with E-state index in [1.807, 2.05) is 6.07 Å². The first-order valence-corrected chi connectivity index (χ1v) is 7.33. The van der Waals surface area contributed by atoms with Gasteiger partial charge in [0, 0.05) is 4.47 Å². The van der Waals surface area contributed by atoms with Crippen LogP contribution in [0.2, 0.25) is 0 Å². The Morgan fingerprint density at radius 2 is 2.14 bits per heavy atom. The van der Waals surface area contributed by atoms with Crippen LogP contribution in [-0.4, -0.2) is 24.0 Å². The van der Waals surface area contributed by atoms with Crippen LogP contribution in [0.5, 0.6) is 0 Å². The minimum atomic E-state index is -1.05. The summed E-state index contributed by atoms with van der Waals surface area (Å²) in [7, 11) is 0. The smallest absolute Gasteiger partial charge is 0.339 e. The third-order valence-corrected chi connectivity index (χ3v) is 3.96. The van der Waals surface area contributed by atoms with Gasteiger partial charge in [-0.05, 0) is 47.0 Å². The van der Waals surface area contributed by atoms with E-state index in [0.29, 0.717) is 4.47 Å². The molecule has 118 valence electrons. The number of halogens is 2. The minimum Gasteiger partial charge on any atom is -0.452 e. The second-order valence-electron chi connectivity index (χ2n) is 5.22. The Labute approximate surface area is 136 Å². The Balaban J connectivity index is 2.67. The maximum Gasteiger partial charge on any atom is 0.339 e. The van der Waals surface area contributed by atoms with Crippen LogP contribution < -0.4 is 5.32 Å². The molecule has 0 heterocycles. The van der Waals surface area contributed by atoms with Crippen molar-refractivity contribution in [2.24, 2.45) is 5.92 Å². The molecule has 1 aromatic rings. The summed E-state index contributed by atoms with van der Waals surface area (Å²) in [6.45, 7) is 4.62. The lowest BCUT2D eigenvalue weighted by Crippen LogP contribution is -2.50. The number of nitriles is 1. The molecule has 1 amide bonds. The molecular weight excluding hydrogens is 355 g/mol. The first kappa shape index (κ1) is 18.1. The molecule has 7 heteroatoms. The van der Waals surface area contributed by atoms with Gasteiger partial charge in [-0.2, -0.15) is 5.26 Å². The number of benzene rings is 1. The van der Waals surface area contributed by atoms with Gasteiger partial charge in [-0.3, -0.25) is 4.79 Å². The van der Waals surface area contributed by atoms with Gasteiger partial charge < -0.3 is 10.1 Å². The van der Waals surface area contributed by atoms with E-state index in [-0.39, 0.29) is 11.5 Å². The van der Waals surface area contributed by atoms with Crippen molar-refractivity contribution >= 4 is 27.8 Å². The van der Waals surface area contributed by atoms with Gasteiger partial charge in [-0.25, -0.2) is 9.18 Å². The molecule has 0 aliphatic rings. The summed E-state index contributed by atoms with van der Waals surface area (Å²) in [5.74, 6) is -2.13. The molecule has 22 heavy (non-hydrogen) atoms. The van der Waals surface area contributed by atoms with E-state index in [9.17, 15) is 14.0 Å². The van der Waals surface area contributed by atoms with Crippen molar-refractivity contribution in [1.82, 2.24) is 5.32 Å². The van der Waals surface area contributed by atoms with E-state index in [0.717, 1.165) is 6.07 Å². The molecule has 0 radical (unpaired) electrons. The molecule has 0 bridgehead atoms. The Morgan fingerprint density at radius 1 is 1.50 bits per heavy atom. The van der Waals surface area contributed by atoms with E-state index >= 15 is 0 Å². The van der Waals surface area contributed by atoms with Crippen LogP contribution in [0.25, 0.3) is 0 Å². The fraction of sp³-hybridized carbons (Fsp3) is 0.400. The van der Waals surface area contributed by atoms with Gasteiger partial charge >= 0.3 is 5.97 Å². The summed E-state index contributed by atoms with van der Waals surface area (Å²) in [5.41, 5.74) is -1.07. The van der Waals surface area contributed by atoms with Crippen molar-refractivity contribution in [3.8, 4) is 6.07 Å². The van der Waals surface area contributed by atoms with Gasteiger partial charge in [0.1, 0.15) is 11.4 Å². The highest BCUT2D eigenvalue weighted by Crippen LogP contribution is 2.19. The second kappa shape index (κ2) is 7.36. The Hall–Kier alpha value is -1.94. The number of hydrogen-bond donors (Lipinski definition) is 1. The van der Waals surface area contributed by atoms with Gasteiger partial charge in [0.25, 0.3) is 5.91 Å². The maximum atomic E-state index is 13.1. The summed E-state index contributed by atoms with van der Waals surface area (Å²) in [6, 6.07) is 5.59. The van der Waals surface area contributed by atoms with Crippen LogP contribution in [0.15, 0.2) is 22.7 Å². The molecule has 0 fully saturated rings. The van der Waals surface area contributed by atoms with E-state index in [1.165, 1.54) is 12.1 Å².